The van der Waals surface area contributed by atoms with Gasteiger partial charge in [0, 0.05) is 6.61 Å². The summed E-state index contributed by atoms with van der Waals surface area (Å²) in [6, 6.07) is 8.45. The van der Waals surface area contributed by atoms with Gasteiger partial charge in [0.05, 0.1) is 19.3 Å². The van der Waals surface area contributed by atoms with E-state index in [9.17, 15) is 0 Å². The Labute approximate surface area is 104 Å². The lowest BCUT2D eigenvalue weighted by Crippen LogP contribution is -2.21. The standard InChI is InChI=1S/C14H23NO2/c1-4-10-17-13-8-6-12(7-9-13)14(15-3)11-16-5-2/h6-9,14-15H,4-5,10-11H2,1-3H3. The minimum Gasteiger partial charge on any atom is -0.494 e. The minimum absolute atomic E-state index is 0.246. The van der Waals surface area contributed by atoms with Crippen molar-refractivity contribution in [1.82, 2.24) is 5.32 Å². The topological polar surface area (TPSA) is 30.5 Å². The zero-order valence-electron chi connectivity index (χ0n) is 11.0. The van der Waals surface area contributed by atoms with Crippen LogP contribution in [0.5, 0.6) is 5.75 Å². The summed E-state index contributed by atoms with van der Waals surface area (Å²) < 4.78 is 11.0. The molecule has 1 unspecified atom stereocenters. The summed E-state index contributed by atoms with van der Waals surface area (Å²) in [5.74, 6) is 0.932. The van der Waals surface area contributed by atoms with Gasteiger partial charge >= 0.3 is 0 Å². The van der Waals surface area contributed by atoms with Crippen molar-refractivity contribution >= 4 is 0 Å². The maximum absolute atomic E-state index is 5.55. The van der Waals surface area contributed by atoms with Gasteiger partial charge in [-0.2, -0.15) is 0 Å². The van der Waals surface area contributed by atoms with Gasteiger partial charge in [-0.3, -0.25) is 0 Å². The molecule has 0 spiro atoms. The molecule has 17 heavy (non-hydrogen) atoms. The Balaban J connectivity index is 2.57. The SMILES string of the molecule is CCCOc1ccc(C(COCC)NC)cc1. The van der Waals surface area contributed by atoms with E-state index < -0.39 is 0 Å². The number of benzene rings is 1. The van der Waals surface area contributed by atoms with Gasteiger partial charge in [0.2, 0.25) is 0 Å². The van der Waals surface area contributed by atoms with Crippen LogP contribution in [0, 0.1) is 0 Å². The molecule has 3 heteroatoms. The average molecular weight is 237 g/mol. The van der Waals surface area contributed by atoms with E-state index in [0.29, 0.717) is 6.61 Å². The van der Waals surface area contributed by atoms with Crippen LogP contribution in [0.25, 0.3) is 0 Å². The van der Waals surface area contributed by atoms with Crippen LogP contribution in [0.4, 0.5) is 0 Å². The summed E-state index contributed by atoms with van der Waals surface area (Å²) in [5.41, 5.74) is 1.23. The zero-order valence-corrected chi connectivity index (χ0v) is 11.0. The maximum atomic E-state index is 5.55. The number of rotatable bonds is 8. The van der Waals surface area contributed by atoms with Crippen LogP contribution >= 0.6 is 0 Å². The molecule has 1 aromatic rings. The van der Waals surface area contributed by atoms with Crippen LogP contribution in [0.1, 0.15) is 31.9 Å². The molecule has 1 N–H and O–H groups in total. The van der Waals surface area contributed by atoms with Crippen molar-refractivity contribution in [3.05, 3.63) is 29.8 Å². The van der Waals surface area contributed by atoms with E-state index in [2.05, 4.69) is 24.4 Å². The quantitative estimate of drug-likeness (QED) is 0.754. The highest BCUT2D eigenvalue weighted by Gasteiger charge is 2.08. The van der Waals surface area contributed by atoms with Crippen molar-refractivity contribution < 1.29 is 9.47 Å². The largest absolute Gasteiger partial charge is 0.494 e. The first-order valence-electron chi connectivity index (χ1n) is 6.29. The van der Waals surface area contributed by atoms with E-state index in [-0.39, 0.29) is 6.04 Å². The lowest BCUT2D eigenvalue weighted by atomic mass is 10.1. The first kappa shape index (κ1) is 14.0. The highest BCUT2D eigenvalue weighted by molar-refractivity contribution is 5.29. The summed E-state index contributed by atoms with van der Waals surface area (Å²) in [6.45, 7) is 6.33. The van der Waals surface area contributed by atoms with Gasteiger partial charge in [0.1, 0.15) is 5.75 Å². The van der Waals surface area contributed by atoms with Crippen molar-refractivity contribution in [2.24, 2.45) is 0 Å². The normalized spacial score (nSPS) is 12.4. The fraction of sp³-hybridized carbons (Fsp3) is 0.571. The second-order valence-corrected chi connectivity index (χ2v) is 3.92. The number of nitrogens with one attached hydrogen (secondary N) is 1. The van der Waals surface area contributed by atoms with Crippen LogP contribution in [0.2, 0.25) is 0 Å². The van der Waals surface area contributed by atoms with Gasteiger partial charge in [-0.25, -0.2) is 0 Å². The molecule has 3 nitrogen and oxygen atoms in total. The minimum atomic E-state index is 0.246. The number of likely N-dealkylation sites (N-methyl/N-ethyl adjacent to an activating group) is 1. The molecule has 0 bridgehead atoms. The molecular weight excluding hydrogens is 214 g/mol. The third kappa shape index (κ3) is 4.75. The van der Waals surface area contributed by atoms with Crippen LogP contribution in [-0.4, -0.2) is 26.9 Å². The molecule has 1 aromatic carbocycles. The van der Waals surface area contributed by atoms with E-state index >= 15 is 0 Å². The van der Waals surface area contributed by atoms with Crippen molar-refractivity contribution in [1.29, 1.82) is 0 Å². The molecule has 1 atom stereocenters. The molecule has 1 rings (SSSR count). The van der Waals surface area contributed by atoms with Gasteiger partial charge in [-0.15, -0.1) is 0 Å². The number of hydrogen-bond donors (Lipinski definition) is 1. The Morgan fingerprint density at radius 3 is 2.41 bits per heavy atom. The summed E-state index contributed by atoms with van der Waals surface area (Å²) in [7, 11) is 1.95. The van der Waals surface area contributed by atoms with E-state index in [1.165, 1.54) is 5.56 Å². The fourth-order valence-corrected chi connectivity index (χ4v) is 1.60. The summed E-state index contributed by atoms with van der Waals surface area (Å²) in [4.78, 5) is 0. The molecule has 0 aliphatic carbocycles. The molecule has 0 aromatic heterocycles. The third-order valence-electron chi connectivity index (χ3n) is 2.59. The molecule has 0 aliphatic rings. The van der Waals surface area contributed by atoms with E-state index in [1.54, 1.807) is 0 Å². The summed E-state index contributed by atoms with van der Waals surface area (Å²) >= 11 is 0. The highest BCUT2D eigenvalue weighted by Crippen LogP contribution is 2.18. The molecule has 0 aliphatic heterocycles. The van der Waals surface area contributed by atoms with Crippen molar-refractivity contribution in [2.75, 3.05) is 26.9 Å². The Bertz CT molecular complexity index is 298. The highest BCUT2D eigenvalue weighted by atomic mass is 16.5. The maximum Gasteiger partial charge on any atom is 0.119 e. The molecular formula is C14H23NO2. The second-order valence-electron chi connectivity index (χ2n) is 3.92. The van der Waals surface area contributed by atoms with Crippen LogP contribution in [-0.2, 0) is 4.74 Å². The number of ether oxygens (including phenoxy) is 2. The first-order valence-corrected chi connectivity index (χ1v) is 6.29. The monoisotopic (exact) mass is 237 g/mol. The zero-order chi connectivity index (χ0) is 12.5. The molecule has 96 valence electrons. The fourth-order valence-electron chi connectivity index (χ4n) is 1.60. The van der Waals surface area contributed by atoms with Crippen LogP contribution in [0.3, 0.4) is 0 Å². The average Bonchev–Trinajstić information content (AvgIpc) is 2.38. The predicted molar refractivity (Wildman–Crippen MR) is 70.5 cm³/mol. The predicted octanol–water partition coefficient (Wildman–Crippen LogP) is 2.77. The second kappa shape index (κ2) is 8.09. The van der Waals surface area contributed by atoms with Gasteiger partial charge in [-0.05, 0) is 38.1 Å². The smallest absolute Gasteiger partial charge is 0.119 e. The van der Waals surface area contributed by atoms with Crippen LogP contribution in [0.15, 0.2) is 24.3 Å². The number of hydrogen-bond acceptors (Lipinski definition) is 3. The van der Waals surface area contributed by atoms with E-state index in [0.717, 1.165) is 25.4 Å². The van der Waals surface area contributed by atoms with Crippen molar-refractivity contribution in [2.45, 2.75) is 26.3 Å². The van der Waals surface area contributed by atoms with Crippen LogP contribution < -0.4 is 10.1 Å². The lowest BCUT2D eigenvalue weighted by Gasteiger charge is -2.16. The lowest BCUT2D eigenvalue weighted by molar-refractivity contribution is 0.125. The summed E-state index contributed by atoms with van der Waals surface area (Å²) in [5, 5.41) is 3.25. The first-order chi connectivity index (χ1) is 8.31. The van der Waals surface area contributed by atoms with Gasteiger partial charge < -0.3 is 14.8 Å². The molecule has 0 heterocycles. The third-order valence-corrected chi connectivity index (χ3v) is 2.59. The molecule has 0 amide bonds. The Morgan fingerprint density at radius 2 is 1.88 bits per heavy atom. The van der Waals surface area contributed by atoms with Gasteiger partial charge in [0.25, 0.3) is 0 Å². The van der Waals surface area contributed by atoms with Crippen molar-refractivity contribution in [3.63, 3.8) is 0 Å². The van der Waals surface area contributed by atoms with E-state index in [4.69, 9.17) is 9.47 Å². The summed E-state index contributed by atoms with van der Waals surface area (Å²) in [6.07, 6.45) is 1.03. The molecule has 0 fully saturated rings. The van der Waals surface area contributed by atoms with Gasteiger partial charge in [-0.1, -0.05) is 19.1 Å². The molecule has 0 radical (unpaired) electrons. The Hall–Kier alpha value is -1.06. The Kier molecular flexibility index (Phi) is 6.67. The van der Waals surface area contributed by atoms with E-state index in [1.807, 2.05) is 26.1 Å². The Morgan fingerprint density at radius 1 is 1.18 bits per heavy atom. The molecule has 0 saturated carbocycles. The van der Waals surface area contributed by atoms with Gasteiger partial charge in [0.15, 0.2) is 0 Å². The van der Waals surface area contributed by atoms with Crippen molar-refractivity contribution in [3.8, 4) is 5.75 Å². The molecule has 0 saturated heterocycles.